The molecule has 1 heterocycles. The minimum Gasteiger partial charge on any atom is -0.372 e. The van der Waals surface area contributed by atoms with Gasteiger partial charge in [0.05, 0.1) is 9.88 Å². The van der Waals surface area contributed by atoms with E-state index in [1.165, 1.54) is 4.31 Å². The van der Waals surface area contributed by atoms with Crippen LogP contribution >= 0.6 is 12.2 Å². The molecular formula is C14H20N2O2S2. The predicted octanol–water partition coefficient (Wildman–Crippen LogP) is 2.64. The molecule has 1 fully saturated rings. The van der Waals surface area contributed by atoms with Crippen molar-refractivity contribution in [1.29, 1.82) is 0 Å². The van der Waals surface area contributed by atoms with Crippen LogP contribution in [-0.4, -0.2) is 37.3 Å². The molecule has 0 aromatic heterocycles. The van der Waals surface area contributed by atoms with Crippen LogP contribution in [0.1, 0.15) is 26.7 Å². The average molecular weight is 312 g/mol. The lowest BCUT2D eigenvalue weighted by molar-refractivity contribution is 0.538. The van der Waals surface area contributed by atoms with E-state index in [4.69, 9.17) is 12.2 Å². The first-order valence-corrected chi connectivity index (χ1v) is 8.76. The Kier molecular flexibility index (Phi) is 4.65. The number of thiocarbonyl (C=S) groups is 1. The molecular weight excluding hydrogens is 292 g/mol. The molecule has 1 aromatic rings. The topological polar surface area (TPSA) is 40.6 Å². The van der Waals surface area contributed by atoms with Crippen molar-refractivity contribution in [2.24, 2.45) is 0 Å². The quantitative estimate of drug-likeness (QED) is 0.784. The van der Waals surface area contributed by atoms with Crippen LogP contribution in [0.5, 0.6) is 0 Å². The van der Waals surface area contributed by atoms with Gasteiger partial charge in [-0.05, 0) is 44.5 Å². The van der Waals surface area contributed by atoms with Gasteiger partial charge in [-0.3, -0.25) is 4.31 Å². The van der Waals surface area contributed by atoms with Gasteiger partial charge in [-0.25, -0.2) is 8.42 Å². The molecule has 0 atom stereocenters. The molecule has 1 aliphatic heterocycles. The number of nitrogens with zero attached hydrogens (tertiary/aromatic N) is 2. The van der Waals surface area contributed by atoms with E-state index in [0.29, 0.717) is 22.8 Å². The molecule has 4 nitrogen and oxygen atoms in total. The van der Waals surface area contributed by atoms with Gasteiger partial charge in [0.25, 0.3) is 10.0 Å². The van der Waals surface area contributed by atoms with Crippen molar-refractivity contribution in [3.63, 3.8) is 0 Å². The molecule has 2 rings (SSSR count). The van der Waals surface area contributed by atoms with Gasteiger partial charge < -0.3 is 4.90 Å². The maximum Gasteiger partial charge on any atom is 0.264 e. The van der Waals surface area contributed by atoms with Crippen LogP contribution in [0.2, 0.25) is 0 Å². The first-order valence-electron chi connectivity index (χ1n) is 6.91. The van der Waals surface area contributed by atoms with Crippen molar-refractivity contribution in [3.8, 4) is 0 Å². The Bertz CT molecular complexity index is 578. The van der Waals surface area contributed by atoms with Crippen molar-refractivity contribution in [2.75, 3.05) is 24.5 Å². The minimum absolute atomic E-state index is 0.317. The van der Waals surface area contributed by atoms with E-state index in [1.807, 2.05) is 12.1 Å². The third kappa shape index (κ3) is 2.81. The highest BCUT2D eigenvalue weighted by Crippen LogP contribution is 2.24. The van der Waals surface area contributed by atoms with Crippen molar-refractivity contribution >= 4 is 32.9 Å². The summed E-state index contributed by atoms with van der Waals surface area (Å²) in [6.45, 7) is 6.46. The van der Waals surface area contributed by atoms with Crippen LogP contribution in [0.25, 0.3) is 0 Å². The summed E-state index contributed by atoms with van der Waals surface area (Å²) in [5.74, 6) is 0. The number of sulfonamides is 1. The van der Waals surface area contributed by atoms with Gasteiger partial charge in [0.1, 0.15) is 0 Å². The molecule has 0 aliphatic carbocycles. The third-order valence-electron chi connectivity index (χ3n) is 3.58. The van der Waals surface area contributed by atoms with E-state index < -0.39 is 10.0 Å². The van der Waals surface area contributed by atoms with Gasteiger partial charge in [0, 0.05) is 31.7 Å². The first-order chi connectivity index (χ1) is 9.50. The van der Waals surface area contributed by atoms with Crippen LogP contribution in [-0.2, 0) is 10.0 Å². The van der Waals surface area contributed by atoms with Crippen LogP contribution < -0.4 is 4.90 Å². The van der Waals surface area contributed by atoms with Crippen molar-refractivity contribution in [1.82, 2.24) is 4.31 Å². The summed E-state index contributed by atoms with van der Waals surface area (Å²) in [4.78, 5) is 3.02. The Morgan fingerprint density at radius 1 is 1.20 bits per heavy atom. The highest BCUT2D eigenvalue weighted by molar-refractivity contribution is 7.91. The van der Waals surface area contributed by atoms with Gasteiger partial charge in [-0.2, -0.15) is 0 Å². The standard InChI is InChI=1S/C14H20N2O2S2/c1-3-15(4-2)12-7-9-13(10-8-12)20(17,18)16-11-5-6-14(16)19/h7-10H,3-6,11H2,1-2H3. The summed E-state index contributed by atoms with van der Waals surface area (Å²) in [5.41, 5.74) is 1.04. The summed E-state index contributed by atoms with van der Waals surface area (Å²) in [7, 11) is -3.47. The first kappa shape index (κ1) is 15.3. The molecule has 0 saturated carbocycles. The van der Waals surface area contributed by atoms with Crippen molar-refractivity contribution in [2.45, 2.75) is 31.6 Å². The minimum atomic E-state index is -3.47. The summed E-state index contributed by atoms with van der Waals surface area (Å²) in [6.07, 6.45) is 1.50. The number of benzene rings is 1. The van der Waals surface area contributed by atoms with Crippen molar-refractivity contribution in [3.05, 3.63) is 24.3 Å². The van der Waals surface area contributed by atoms with E-state index in [-0.39, 0.29) is 0 Å². The summed E-state index contributed by atoms with van der Waals surface area (Å²) < 4.78 is 26.3. The molecule has 1 aliphatic rings. The third-order valence-corrected chi connectivity index (χ3v) is 5.97. The Balaban J connectivity index is 2.27. The fraction of sp³-hybridized carbons (Fsp3) is 0.500. The number of rotatable bonds is 5. The maximum atomic E-state index is 12.5. The molecule has 6 heteroatoms. The van der Waals surface area contributed by atoms with E-state index in [1.54, 1.807) is 12.1 Å². The summed E-state index contributed by atoms with van der Waals surface area (Å²) >= 11 is 5.13. The number of hydrogen-bond acceptors (Lipinski definition) is 4. The smallest absolute Gasteiger partial charge is 0.264 e. The monoisotopic (exact) mass is 312 g/mol. The Morgan fingerprint density at radius 3 is 2.25 bits per heavy atom. The fourth-order valence-corrected chi connectivity index (χ4v) is 4.42. The van der Waals surface area contributed by atoms with Gasteiger partial charge in [-0.1, -0.05) is 12.2 Å². The predicted molar refractivity (Wildman–Crippen MR) is 85.7 cm³/mol. The Labute approximate surface area is 126 Å². The van der Waals surface area contributed by atoms with E-state index >= 15 is 0 Å². The van der Waals surface area contributed by atoms with Crippen LogP contribution in [0.4, 0.5) is 5.69 Å². The SMILES string of the molecule is CCN(CC)c1ccc(S(=O)(=O)N2CCCC2=S)cc1. The molecule has 0 amide bonds. The summed E-state index contributed by atoms with van der Waals surface area (Å²) in [5, 5.41) is 0. The zero-order chi connectivity index (χ0) is 14.8. The van der Waals surface area contributed by atoms with Crippen LogP contribution in [0.3, 0.4) is 0 Å². The second kappa shape index (κ2) is 6.10. The van der Waals surface area contributed by atoms with Gasteiger partial charge in [-0.15, -0.1) is 0 Å². The molecule has 0 bridgehead atoms. The van der Waals surface area contributed by atoms with E-state index in [9.17, 15) is 8.42 Å². The van der Waals surface area contributed by atoms with Gasteiger partial charge in [0.15, 0.2) is 0 Å². The largest absolute Gasteiger partial charge is 0.372 e. The van der Waals surface area contributed by atoms with Gasteiger partial charge in [0.2, 0.25) is 0 Å². The zero-order valence-electron chi connectivity index (χ0n) is 11.9. The second-order valence-electron chi connectivity index (χ2n) is 4.74. The maximum absolute atomic E-state index is 12.5. The molecule has 0 radical (unpaired) electrons. The van der Waals surface area contributed by atoms with Crippen LogP contribution in [0, 0.1) is 0 Å². The molecule has 20 heavy (non-hydrogen) atoms. The lowest BCUT2D eigenvalue weighted by Gasteiger charge is -2.22. The average Bonchev–Trinajstić information content (AvgIpc) is 2.88. The lowest BCUT2D eigenvalue weighted by Crippen LogP contribution is -2.31. The highest BCUT2D eigenvalue weighted by Gasteiger charge is 2.30. The number of hydrogen-bond donors (Lipinski definition) is 0. The van der Waals surface area contributed by atoms with Crippen LogP contribution in [0.15, 0.2) is 29.2 Å². The van der Waals surface area contributed by atoms with Gasteiger partial charge >= 0.3 is 0 Å². The molecule has 1 saturated heterocycles. The van der Waals surface area contributed by atoms with Crippen molar-refractivity contribution < 1.29 is 8.42 Å². The Hall–Kier alpha value is -1.14. The summed E-state index contributed by atoms with van der Waals surface area (Å²) in [6, 6.07) is 7.06. The second-order valence-corrected chi connectivity index (χ2v) is 7.07. The molecule has 0 N–H and O–H groups in total. The molecule has 0 unspecified atom stereocenters. The lowest BCUT2D eigenvalue weighted by atomic mass is 10.3. The highest BCUT2D eigenvalue weighted by atomic mass is 32.2. The zero-order valence-corrected chi connectivity index (χ0v) is 13.5. The Morgan fingerprint density at radius 2 is 1.80 bits per heavy atom. The number of anilines is 1. The molecule has 110 valence electrons. The normalized spacial score (nSPS) is 15.7. The van der Waals surface area contributed by atoms with E-state index in [0.717, 1.165) is 25.2 Å². The van der Waals surface area contributed by atoms with E-state index in [2.05, 4.69) is 18.7 Å². The molecule has 0 spiro atoms. The molecule has 1 aromatic carbocycles. The fourth-order valence-electron chi connectivity index (χ4n) is 2.42.